The zero-order valence-electron chi connectivity index (χ0n) is 13.2. The molecule has 1 aromatic heterocycles. The number of hydrogen-bond acceptors (Lipinski definition) is 2. The summed E-state index contributed by atoms with van der Waals surface area (Å²) >= 11 is 0. The molecule has 0 aliphatic heterocycles. The minimum Gasteiger partial charge on any atom is -0.352 e. The molecule has 0 atom stereocenters. The predicted molar refractivity (Wildman–Crippen MR) is 91.7 cm³/mol. The minimum atomic E-state index is -0.385. The third-order valence-corrected chi connectivity index (χ3v) is 3.86. The highest BCUT2D eigenvalue weighted by atomic mass is 19.1. The van der Waals surface area contributed by atoms with Gasteiger partial charge in [0.25, 0.3) is 11.5 Å². The number of aromatic amines is 1. The minimum absolute atomic E-state index is 0.149. The fourth-order valence-electron chi connectivity index (χ4n) is 2.56. The second-order valence-corrected chi connectivity index (χ2v) is 5.73. The highest BCUT2D eigenvalue weighted by Gasteiger charge is 2.07. The highest BCUT2D eigenvalue weighted by Crippen LogP contribution is 2.13. The molecule has 122 valence electrons. The van der Waals surface area contributed by atoms with Crippen molar-refractivity contribution in [1.82, 2.24) is 10.3 Å². The monoisotopic (exact) mass is 324 g/mol. The van der Waals surface area contributed by atoms with Gasteiger partial charge in [-0.15, -0.1) is 0 Å². The lowest BCUT2D eigenvalue weighted by Gasteiger charge is -2.06. The van der Waals surface area contributed by atoms with Crippen LogP contribution in [0, 0.1) is 12.7 Å². The first-order valence-corrected chi connectivity index (χ1v) is 7.69. The van der Waals surface area contributed by atoms with Crippen LogP contribution in [0.25, 0.3) is 10.9 Å². The quantitative estimate of drug-likeness (QED) is 0.775. The predicted octanol–water partition coefficient (Wildman–Crippen LogP) is 2.95. The maximum Gasteiger partial charge on any atom is 0.251 e. The van der Waals surface area contributed by atoms with E-state index in [-0.39, 0.29) is 17.3 Å². The van der Waals surface area contributed by atoms with E-state index in [0.717, 1.165) is 16.5 Å². The number of carbonyl (C=O) groups excluding carboxylic acids is 1. The van der Waals surface area contributed by atoms with Crippen LogP contribution in [0.2, 0.25) is 0 Å². The fourth-order valence-corrected chi connectivity index (χ4v) is 2.56. The van der Waals surface area contributed by atoms with E-state index in [1.165, 1.54) is 24.3 Å². The van der Waals surface area contributed by atoms with E-state index in [2.05, 4.69) is 10.3 Å². The van der Waals surface area contributed by atoms with E-state index in [1.54, 1.807) is 0 Å². The molecule has 0 saturated heterocycles. The number of aromatic nitrogens is 1. The molecule has 1 heterocycles. The van der Waals surface area contributed by atoms with E-state index in [1.807, 2.05) is 31.2 Å². The molecule has 0 aliphatic carbocycles. The lowest BCUT2D eigenvalue weighted by atomic mass is 10.1. The number of aryl methyl sites for hydroxylation is 1. The smallest absolute Gasteiger partial charge is 0.251 e. The van der Waals surface area contributed by atoms with Gasteiger partial charge in [-0.25, -0.2) is 4.39 Å². The van der Waals surface area contributed by atoms with E-state index >= 15 is 0 Å². The Kier molecular flexibility index (Phi) is 4.42. The zero-order chi connectivity index (χ0) is 17.1. The van der Waals surface area contributed by atoms with Crippen LogP contribution in [-0.4, -0.2) is 17.4 Å². The number of nitrogens with one attached hydrogen (secondary N) is 2. The van der Waals surface area contributed by atoms with Gasteiger partial charge in [0.1, 0.15) is 5.82 Å². The van der Waals surface area contributed by atoms with E-state index < -0.39 is 0 Å². The molecule has 3 rings (SSSR count). The van der Waals surface area contributed by atoms with Crippen LogP contribution in [-0.2, 0) is 6.42 Å². The molecule has 2 aromatic carbocycles. The normalized spacial score (nSPS) is 10.8. The Hall–Kier alpha value is -2.95. The average molecular weight is 324 g/mol. The number of hydrogen-bond donors (Lipinski definition) is 2. The van der Waals surface area contributed by atoms with Crippen LogP contribution >= 0.6 is 0 Å². The SMILES string of the molecule is Cc1ccc2cc(CCNC(=O)c3ccc(F)cc3)c(=O)[nH]c2c1. The van der Waals surface area contributed by atoms with Crippen LogP contribution in [0.5, 0.6) is 0 Å². The van der Waals surface area contributed by atoms with Crippen LogP contribution in [0.1, 0.15) is 21.5 Å². The van der Waals surface area contributed by atoms with Crippen molar-refractivity contribution >= 4 is 16.8 Å². The van der Waals surface area contributed by atoms with Gasteiger partial charge in [0.05, 0.1) is 0 Å². The average Bonchev–Trinajstić information content (AvgIpc) is 2.56. The van der Waals surface area contributed by atoms with Gasteiger partial charge in [0, 0.05) is 23.2 Å². The lowest BCUT2D eigenvalue weighted by molar-refractivity contribution is 0.0954. The van der Waals surface area contributed by atoms with Crippen LogP contribution in [0.4, 0.5) is 4.39 Å². The standard InChI is InChI=1S/C19H17FN2O2/c1-12-2-3-14-11-15(19(24)22-17(14)10-12)8-9-21-18(23)13-4-6-16(20)7-5-13/h2-7,10-11H,8-9H2,1H3,(H,21,23)(H,22,24). The van der Waals surface area contributed by atoms with E-state index in [0.29, 0.717) is 24.1 Å². The Balaban J connectivity index is 1.68. The van der Waals surface area contributed by atoms with E-state index in [9.17, 15) is 14.0 Å². The van der Waals surface area contributed by atoms with Gasteiger partial charge in [0.15, 0.2) is 0 Å². The first kappa shape index (κ1) is 15.9. The molecule has 0 bridgehead atoms. The zero-order valence-corrected chi connectivity index (χ0v) is 13.2. The summed E-state index contributed by atoms with van der Waals surface area (Å²) in [6.07, 6.45) is 0.423. The Bertz CT molecular complexity index is 946. The molecule has 0 spiro atoms. The van der Waals surface area contributed by atoms with Crippen molar-refractivity contribution in [3.05, 3.63) is 81.4 Å². The number of carbonyl (C=O) groups is 1. The van der Waals surface area contributed by atoms with Crippen LogP contribution in [0.3, 0.4) is 0 Å². The Morgan fingerprint density at radius 2 is 1.88 bits per heavy atom. The molecule has 4 nitrogen and oxygen atoms in total. The number of rotatable bonds is 4. The van der Waals surface area contributed by atoms with Crippen molar-refractivity contribution < 1.29 is 9.18 Å². The number of H-pyrrole nitrogens is 1. The summed E-state index contributed by atoms with van der Waals surface area (Å²) in [6, 6.07) is 13.1. The van der Waals surface area contributed by atoms with Crippen molar-refractivity contribution in [1.29, 1.82) is 0 Å². The number of benzene rings is 2. The number of fused-ring (bicyclic) bond motifs is 1. The molecular weight excluding hydrogens is 307 g/mol. The van der Waals surface area contributed by atoms with Crippen molar-refractivity contribution in [2.24, 2.45) is 0 Å². The van der Waals surface area contributed by atoms with E-state index in [4.69, 9.17) is 0 Å². The molecule has 0 saturated carbocycles. The Morgan fingerprint density at radius 1 is 1.12 bits per heavy atom. The molecule has 0 radical (unpaired) electrons. The summed E-state index contributed by atoms with van der Waals surface area (Å²) in [5.74, 6) is -0.674. The summed E-state index contributed by atoms with van der Waals surface area (Å²) < 4.78 is 12.9. The number of pyridine rings is 1. The molecule has 0 unspecified atom stereocenters. The topological polar surface area (TPSA) is 62.0 Å². The van der Waals surface area contributed by atoms with Crippen LogP contribution < -0.4 is 10.9 Å². The first-order chi connectivity index (χ1) is 11.5. The van der Waals surface area contributed by atoms with Gasteiger partial charge in [0.2, 0.25) is 0 Å². The first-order valence-electron chi connectivity index (χ1n) is 7.69. The molecule has 3 aromatic rings. The Labute approximate surface area is 138 Å². The summed E-state index contributed by atoms with van der Waals surface area (Å²) in [6.45, 7) is 2.30. The van der Waals surface area contributed by atoms with Crippen LogP contribution in [0.15, 0.2) is 53.3 Å². The van der Waals surface area contributed by atoms with Gasteiger partial charge in [-0.05, 0) is 60.7 Å². The van der Waals surface area contributed by atoms with Crippen molar-refractivity contribution in [3.63, 3.8) is 0 Å². The van der Waals surface area contributed by atoms with Gasteiger partial charge < -0.3 is 10.3 Å². The van der Waals surface area contributed by atoms with Gasteiger partial charge >= 0.3 is 0 Å². The maximum atomic E-state index is 12.9. The lowest BCUT2D eigenvalue weighted by Crippen LogP contribution is -2.27. The Morgan fingerprint density at radius 3 is 2.62 bits per heavy atom. The molecular formula is C19H17FN2O2. The molecule has 0 fully saturated rings. The molecule has 2 N–H and O–H groups in total. The summed E-state index contributed by atoms with van der Waals surface area (Å²) in [5, 5.41) is 3.70. The van der Waals surface area contributed by atoms with Crippen molar-refractivity contribution in [2.45, 2.75) is 13.3 Å². The molecule has 0 aliphatic rings. The van der Waals surface area contributed by atoms with Gasteiger partial charge in [-0.3, -0.25) is 9.59 Å². The van der Waals surface area contributed by atoms with Gasteiger partial charge in [-0.1, -0.05) is 12.1 Å². The highest BCUT2D eigenvalue weighted by molar-refractivity contribution is 5.94. The molecule has 1 amide bonds. The largest absolute Gasteiger partial charge is 0.352 e. The fraction of sp³-hybridized carbons (Fsp3) is 0.158. The summed E-state index contributed by atoms with van der Waals surface area (Å²) in [5.41, 5.74) is 2.74. The molecule has 24 heavy (non-hydrogen) atoms. The molecule has 5 heteroatoms. The maximum absolute atomic E-state index is 12.9. The number of halogens is 1. The summed E-state index contributed by atoms with van der Waals surface area (Å²) in [4.78, 5) is 26.9. The third-order valence-electron chi connectivity index (χ3n) is 3.86. The second-order valence-electron chi connectivity index (χ2n) is 5.73. The van der Waals surface area contributed by atoms with Gasteiger partial charge in [-0.2, -0.15) is 0 Å². The van der Waals surface area contributed by atoms with Crippen molar-refractivity contribution in [3.8, 4) is 0 Å². The summed E-state index contributed by atoms with van der Waals surface area (Å²) in [7, 11) is 0. The third kappa shape index (κ3) is 3.51. The second kappa shape index (κ2) is 6.66. The van der Waals surface area contributed by atoms with Crippen molar-refractivity contribution in [2.75, 3.05) is 6.54 Å². The number of amides is 1.